The van der Waals surface area contributed by atoms with Gasteiger partial charge in [-0.05, 0) is 17.7 Å². The summed E-state index contributed by atoms with van der Waals surface area (Å²) in [5.41, 5.74) is 0.676. The lowest BCUT2D eigenvalue weighted by Crippen LogP contribution is -2.53. The van der Waals surface area contributed by atoms with Crippen molar-refractivity contribution in [3.05, 3.63) is 35.6 Å². The molecule has 23 heavy (non-hydrogen) atoms. The van der Waals surface area contributed by atoms with Gasteiger partial charge in [-0.3, -0.25) is 9.59 Å². The Labute approximate surface area is 131 Å². The molecule has 0 spiro atoms. The van der Waals surface area contributed by atoms with Crippen molar-refractivity contribution < 1.29 is 23.9 Å². The highest BCUT2D eigenvalue weighted by atomic mass is 19.1. The van der Waals surface area contributed by atoms with Gasteiger partial charge < -0.3 is 26.4 Å². The maximum atomic E-state index is 12.8. The van der Waals surface area contributed by atoms with Crippen molar-refractivity contribution in [3.63, 3.8) is 0 Å². The van der Waals surface area contributed by atoms with E-state index in [1.165, 1.54) is 24.3 Å². The number of amides is 4. The largest absolute Gasteiger partial charge is 0.394 e. The van der Waals surface area contributed by atoms with Crippen molar-refractivity contribution in [2.75, 3.05) is 13.2 Å². The van der Waals surface area contributed by atoms with Crippen LogP contribution in [-0.2, 0) is 16.1 Å². The minimum absolute atomic E-state index is 0.111. The third-order valence-electron chi connectivity index (χ3n) is 3.28. The molecule has 0 aromatic heterocycles. The lowest BCUT2D eigenvalue weighted by molar-refractivity contribution is -0.130. The van der Waals surface area contributed by atoms with Crippen LogP contribution < -0.4 is 21.3 Å². The highest BCUT2D eigenvalue weighted by Gasteiger charge is 2.29. The number of nitrogens with one attached hydrogen (secondary N) is 4. The SMILES string of the molecule is O=C1NCC(C(=O)N[C@@H](CO)C(=O)NCc2ccc(F)cc2)N1. The van der Waals surface area contributed by atoms with Crippen LogP contribution in [0.3, 0.4) is 0 Å². The van der Waals surface area contributed by atoms with Crippen molar-refractivity contribution in [3.8, 4) is 0 Å². The molecule has 1 saturated heterocycles. The number of carbonyl (C=O) groups excluding carboxylic acids is 3. The Balaban J connectivity index is 1.84. The number of halogens is 1. The summed E-state index contributed by atoms with van der Waals surface area (Å²) in [5, 5.41) is 18.9. The molecule has 0 radical (unpaired) electrons. The molecule has 9 heteroatoms. The summed E-state index contributed by atoms with van der Waals surface area (Å²) >= 11 is 0. The molecule has 1 fully saturated rings. The lowest BCUT2D eigenvalue weighted by atomic mass is 10.2. The Morgan fingerprint density at radius 1 is 1.35 bits per heavy atom. The quantitative estimate of drug-likeness (QED) is 0.442. The molecule has 1 aliphatic rings. The van der Waals surface area contributed by atoms with Crippen LogP contribution in [0.15, 0.2) is 24.3 Å². The van der Waals surface area contributed by atoms with Crippen LogP contribution in [0.25, 0.3) is 0 Å². The van der Waals surface area contributed by atoms with Gasteiger partial charge in [0.15, 0.2) is 0 Å². The number of carbonyl (C=O) groups is 3. The van der Waals surface area contributed by atoms with Crippen molar-refractivity contribution in [2.24, 2.45) is 0 Å². The highest BCUT2D eigenvalue weighted by molar-refractivity contribution is 5.93. The van der Waals surface area contributed by atoms with Gasteiger partial charge in [-0.25, -0.2) is 9.18 Å². The zero-order valence-corrected chi connectivity index (χ0v) is 12.1. The van der Waals surface area contributed by atoms with Crippen LogP contribution in [-0.4, -0.2) is 48.2 Å². The molecular formula is C14H17FN4O4. The molecule has 1 heterocycles. The number of hydrogen-bond acceptors (Lipinski definition) is 4. The summed E-state index contributed by atoms with van der Waals surface area (Å²) in [6.07, 6.45) is 0. The van der Waals surface area contributed by atoms with E-state index in [0.717, 1.165) is 0 Å². The van der Waals surface area contributed by atoms with Crippen molar-refractivity contribution >= 4 is 17.8 Å². The van der Waals surface area contributed by atoms with Gasteiger partial charge >= 0.3 is 6.03 Å². The fraction of sp³-hybridized carbons (Fsp3) is 0.357. The van der Waals surface area contributed by atoms with Crippen molar-refractivity contribution in [2.45, 2.75) is 18.6 Å². The molecule has 5 N–H and O–H groups in total. The monoisotopic (exact) mass is 324 g/mol. The molecule has 1 aliphatic heterocycles. The van der Waals surface area contributed by atoms with E-state index >= 15 is 0 Å². The van der Waals surface area contributed by atoms with Crippen LogP contribution in [0.5, 0.6) is 0 Å². The third kappa shape index (κ3) is 4.65. The highest BCUT2D eigenvalue weighted by Crippen LogP contribution is 2.02. The predicted molar refractivity (Wildman–Crippen MR) is 77.6 cm³/mol. The van der Waals surface area contributed by atoms with E-state index in [9.17, 15) is 23.9 Å². The number of hydrogen-bond donors (Lipinski definition) is 5. The number of urea groups is 1. The van der Waals surface area contributed by atoms with E-state index in [1.807, 2.05) is 0 Å². The zero-order chi connectivity index (χ0) is 16.8. The molecule has 4 amide bonds. The lowest BCUT2D eigenvalue weighted by Gasteiger charge is -2.18. The van der Waals surface area contributed by atoms with E-state index < -0.39 is 36.5 Å². The molecule has 0 aliphatic carbocycles. The second-order valence-corrected chi connectivity index (χ2v) is 4.99. The Hall–Kier alpha value is -2.68. The van der Waals surface area contributed by atoms with Gasteiger partial charge in [0.25, 0.3) is 0 Å². The number of benzene rings is 1. The summed E-state index contributed by atoms with van der Waals surface area (Å²) in [5.74, 6) is -1.53. The first kappa shape index (κ1) is 16.7. The molecular weight excluding hydrogens is 307 g/mol. The molecule has 8 nitrogen and oxygen atoms in total. The topological polar surface area (TPSA) is 120 Å². The molecule has 1 aromatic rings. The van der Waals surface area contributed by atoms with Crippen molar-refractivity contribution in [1.82, 2.24) is 21.3 Å². The van der Waals surface area contributed by atoms with Gasteiger partial charge in [0.1, 0.15) is 17.9 Å². The number of aliphatic hydroxyl groups excluding tert-OH is 1. The van der Waals surface area contributed by atoms with Gasteiger partial charge in [-0.15, -0.1) is 0 Å². The molecule has 2 atom stereocenters. The van der Waals surface area contributed by atoms with Gasteiger partial charge in [0, 0.05) is 13.1 Å². The maximum absolute atomic E-state index is 12.8. The van der Waals surface area contributed by atoms with E-state index in [1.54, 1.807) is 0 Å². The minimum Gasteiger partial charge on any atom is -0.394 e. The first-order valence-electron chi connectivity index (χ1n) is 6.97. The van der Waals surface area contributed by atoms with Crippen molar-refractivity contribution in [1.29, 1.82) is 0 Å². The van der Waals surface area contributed by atoms with Crippen LogP contribution in [0, 0.1) is 5.82 Å². The van der Waals surface area contributed by atoms with Crippen LogP contribution in [0.1, 0.15) is 5.56 Å². The van der Waals surface area contributed by atoms with Gasteiger partial charge in [-0.2, -0.15) is 0 Å². The summed E-state index contributed by atoms with van der Waals surface area (Å²) < 4.78 is 12.8. The van der Waals surface area contributed by atoms with Crippen LogP contribution >= 0.6 is 0 Å². The summed E-state index contributed by atoms with van der Waals surface area (Å²) in [6.45, 7) is -0.345. The second kappa shape index (κ2) is 7.54. The Bertz CT molecular complexity index is 593. The summed E-state index contributed by atoms with van der Waals surface area (Å²) in [6, 6.07) is 3.17. The molecule has 0 saturated carbocycles. The number of aliphatic hydroxyl groups is 1. The molecule has 124 valence electrons. The Morgan fingerprint density at radius 2 is 2.04 bits per heavy atom. The zero-order valence-electron chi connectivity index (χ0n) is 12.1. The van der Waals surface area contributed by atoms with E-state index in [4.69, 9.17) is 0 Å². The smallest absolute Gasteiger partial charge is 0.315 e. The van der Waals surface area contributed by atoms with Crippen LogP contribution in [0.4, 0.5) is 9.18 Å². The third-order valence-corrected chi connectivity index (χ3v) is 3.28. The summed E-state index contributed by atoms with van der Waals surface area (Å²) in [7, 11) is 0. The van der Waals surface area contributed by atoms with Gasteiger partial charge in [-0.1, -0.05) is 12.1 Å². The average molecular weight is 324 g/mol. The second-order valence-electron chi connectivity index (χ2n) is 4.99. The number of rotatable bonds is 6. The Morgan fingerprint density at radius 3 is 2.61 bits per heavy atom. The van der Waals surface area contributed by atoms with Gasteiger partial charge in [0.05, 0.1) is 6.61 Å². The predicted octanol–water partition coefficient (Wildman–Crippen LogP) is -1.40. The normalized spacial score (nSPS) is 17.8. The van der Waals surface area contributed by atoms with E-state index in [2.05, 4.69) is 21.3 Å². The van der Waals surface area contributed by atoms with E-state index in [0.29, 0.717) is 5.56 Å². The standard InChI is InChI=1S/C14H17FN4O4/c15-9-3-1-8(2-4-9)5-16-12(21)11(7-20)18-13(22)10-6-17-14(23)19-10/h1-4,10-11,20H,5-7H2,(H,16,21)(H,18,22)(H2,17,19,23)/t10?,11-/m0/s1. The van der Waals surface area contributed by atoms with E-state index in [-0.39, 0.29) is 18.9 Å². The van der Waals surface area contributed by atoms with Crippen LogP contribution in [0.2, 0.25) is 0 Å². The molecule has 2 rings (SSSR count). The first-order chi connectivity index (χ1) is 11.0. The van der Waals surface area contributed by atoms with Gasteiger partial charge in [0.2, 0.25) is 11.8 Å². The maximum Gasteiger partial charge on any atom is 0.315 e. The first-order valence-corrected chi connectivity index (χ1v) is 6.97. The molecule has 0 bridgehead atoms. The fourth-order valence-electron chi connectivity index (χ4n) is 1.99. The molecule has 1 unspecified atom stereocenters. The summed E-state index contributed by atoms with van der Waals surface area (Å²) in [4.78, 5) is 34.8. The Kier molecular flexibility index (Phi) is 5.47. The fourth-order valence-corrected chi connectivity index (χ4v) is 1.99. The molecule has 1 aromatic carbocycles. The minimum atomic E-state index is -1.14. The average Bonchev–Trinajstić information content (AvgIpc) is 2.98.